The highest BCUT2D eigenvalue weighted by molar-refractivity contribution is 7.90. The van der Waals surface area contributed by atoms with Crippen molar-refractivity contribution >= 4 is 33.1 Å². The molecule has 7 nitrogen and oxygen atoms in total. The molecule has 0 saturated carbocycles. The third-order valence-electron chi connectivity index (χ3n) is 7.32. The third kappa shape index (κ3) is 5.94. The molecular weight excluding hydrogens is 558 g/mol. The number of hydrogen-bond donors (Lipinski definition) is 1. The predicted molar refractivity (Wildman–Crippen MR) is 161 cm³/mol. The molecule has 1 N–H and O–H groups in total. The number of fused-ring (bicyclic) bond motifs is 1. The van der Waals surface area contributed by atoms with Crippen molar-refractivity contribution in [2.45, 2.75) is 51.5 Å². The Labute approximate surface area is 245 Å². The second-order valence-corrected chi connectivity index (χ2v) is 12.1. The van der Waals surface area contributed by atoms with Gasteiger partial charge in [-0.15, -0.1) is 0 Å². The fourth-order valence-corrected chi connectivity index (χ4v) is 6.44. The third-order valence-corrected chi connectivity index (χ3v) is 9.26. The van der Waals surface area contributed by atoms with E-state index >= 15 is 0 Å². The Hall–Kier alpha value is -3.88. The van der Waals surface area contributed by atoms with Gasteiger partial charge in [-0.2, -0.15) is 5.10 Å². The predicted octanol–water partition coefficient (Wildman–Crippen LogP) is 6.51. The van der Waals surface area contributed by atoms with E-state index in [0.717, 1.165) is 49.9 Å². The number of aromatic nitrogens is 2. The molecule has 0 unspecified atom stereocenters. The van der Waals surface area contributed by atoms with Gasteiger partial charge in [-0.05, 0) is 91.8 Å². The van der Waals surface area contributed by atoms with E-state index in [1.807, 2.05) is 61.9 Å². The van der Waals surface area contributed by atoms with Crippen LogP contribution in [0.3, 0.4) is 0 Å². The van der Waals surface area contributed by atoms with Gasteiger partial charge in [-0.1, -0.05) is 48.0 Å². The minimum Gasteiger partial charge on any atom is -0.494 e. The highest BCUT2D eigenvalue weighted by Gasteiger charge is 2.31. The lowest BCUT2D eigenvalue weighted by Crippen LogP contribution is -2.32. The van der Waals surface area contributed by atoms with Crippen molar-refractivity contribution in [1.29, 1.82) is 0 Å². The average molecular weight is 590 g/mol. The van der Waals surface area contributed by atoms with E-state index in [0.29, 0.717) is 38.0 Å². The van der Waals surface area contributed by atoms with Gasteiger partial charge in [0.25, 0.3) is 15.9 Å². The quantitative estimate of drug-likeness (QED) is 0.213. The zero-order valence-electron chi connectivity index (χ0n) is 23.3. The minimum absolute atomic E-state index is 0.0421. The lowest BCUT2D eigenvalue weighted by molar-refractivity contribution is -0.115. The molecule has 1 aliphatic carbocycles. The van der Waals surface area contributed by atoms with E-state index in [1.54, 1.807) is 24.4 Å². The van der Waals surface area contributed by atoms with Crippen LogP contribution >= 0.6 is 11.6 Å². The second kappa shape index (κ2) is 11.9. The van der Waals surface area contributed by atoms with Crippen LogP contribution in [-0.4, -0.2) is 30.7 Å². The summed E-state index contributed by atoms with van der Waals surface area (Å²) in [6, 6.07) is 19.7. The largest absolute Gasteiger partial charge is 0.494 e. The Morgan fingerprint density at radius 1 is 1.02 bits per heavy atom. The highest BCUT2D eigenvalue weighted by Crippen LogP contribution is 2.41. The number of aryl methyl sites for hydroxylation is 3. The normalized spacial score (nSPS) is 12.9. The summed E-state index contributed by atoms with van der Waals surface area (Å²) in [4.78, 5) is 13.6. The Kier molecular flexibility index (Phi) is 8.33. The first-order valence-electron chi connectivity index (χ1n) is 13.6. The molecule has 0 fully saturated rings. The number of nitrogens with zero attached hydrogens (tertiary/aromatic N) is 2. The molecule has 4 aromatic rings. The smallest absolute Gasteiger partial charge is 0.264 e. The lowest BCUT2D eigenvalue weighted by Gasteiger charge is -2.13. The maximum Gasteiger partial charge on any atom is 0.264 e. The number of sulfonamides is 1. The first kappa shape index (κ1) is 28.6. The summed E-state index contributed by atoms with van der Waals surface area (Å²) < 4.78 is 36.3. The minimum atomic E-state index is -4.03. The number of rotatable bonds is 10. The second-order valence-electron chi connectivity index (χ2n) is 10.1. The molecule has 0 saturated heterocycles. The first-order valence-corrected chi connectivity index (χ1v) is 15.4. The zero-order valence-corrected chi connectivity index (χ0v) is 24.8. The van der Waals surface area contributed by atoms with E-state index in [-0.39, 0.29) is 4.90 Å². The molecule has 1 amide bonds. The van der Waals surface area contributed by atoms with E-state index in [4.69, 9.17) is 16.3 Å². The fraction of sp³-hybridized carbons (Fsp3) is 0.250. The summed E-state index contributed by atoms with van der Waals surface area (Å²) in [5.41, 5.74) is 7.06. The Balaban J connectivity index is 1.43. The first-order chi connectivity index (χ1) is 19.7. The van der Waals surface area contributed by atoms with Gasteiger partial charge < -0.3 is 4.74 Å². The van der Waals surface area contributed by atoms with Gasteiger partial charge in [0.05, 0.1) is 17.2 Å². The number of amides is 1. The van der Waals surface area contributed by atoms with Crippen molar-refractivity contribution in [2.75, 3.05) is 6.61 Å². The van der Waals surface area contributed by atoms with E-state index in [1.165, 1.54) is 12.1 Å². The van der Waals surface area contributed by atoms with Crippen LogP contribution in [0.25, 0.3) is 16.8 Å². The summed E-state index contributed by atoms with van der Waals surface area (Å²) in [5.74, 6) is 0.132. The SMILES string of the molecule is CCn1nccc1-c1cccc2c1CC(C(=O)NS(=O)(=O)c1ccccc1)=C2CCCOc1cc(C)c(Cl)c(C)c1. The average Bonchev–Trinajstić information content (AvgIpc) is 3.59. The molecule has 1 heterocycles. The number of allylic oxidation sites excluding steroid dienone is 1. The maximum absolute atomic E-state index is 13.6. The molecule has 41 heavy (non-hydrogen) atoms. The van der Waals surface area contributed by atoms with Gasteiger partial charge in [0.15, 0.2) is 0 Å². The number of benzene rings is 3. The van der Waals surface area contributed by atoms with Gasteiger partial charge in [0, 0.05) is 35.3 Å². The summed E-state index contributed by atoms with van der Waals surface area (Å²) in [5, 5.41) is 5.15. The number of halogens is 1. The summed E-state index contributed by atoms with van der Waals surface area (Å²) >= 11 is 6.30. The van der Waals surface area contributed by atoms with Crippen molar-refractivity contribution in [2.24, 2.45) is 0 Å². The van der Waals surface area contributed by atoms with Crippen LogP contribution in [0, 0.1) is 13.8 Å². The fourth-order valence-electron chi connectivity index (χ4n) is 5.33. The zero-order chi connectivity index (χ0) is 29.1. The number of carbonyl (C=O) groups is 1. The van der Waals surface area contributed by atoms with Crippen molar-refractivity contribution < 1.29 is 17.9 Å². The van der Waals surface area contributed by atoms with Crippen LogP contribution in [0.1, 0.15) is 42.0 Å². The maximum atomic E-state index is 13.6. The number of nitrogens with one attached hydrogen (secondary N) is 1. The Morgan fingerprint density at radius 3 is 2.44 bits per heavy atom. The number of hydrogen-bond acceptors (Lipinski definition) is 5. The molecule has 0 radical (unpaired) electrons. The molecular formula is C32H32ClN3O4S. The van der Waals surface area contributed by atoms with E-state index in [2.05, 4.69) is 9.82 Å². The van der Waals surface area contributed by atoms with Crippen LogP contribution in [0.5, 0.6) is 5.75 Å². The van der Waals surface area contributed by atoms with Crippen LogP contribution in [-0.2, 0) is 27.8 Å². The van der Waals surface area contributed by atoms with Crippen molar-refractivity contribution in [3.05, 3.63) is 106 Å². The molecule has 3 aromatic carbocycles. The van der Waals surface area contributed by atoms with E-state index in [9.17, 15) is 13.2 Å². The lowest BCUT2D eigenvalue weighted by atomic mass is 9.96. The molecule has 0 bridgehead atoms. The van der Waals surface area contributed by atoms with Gasteiger partial charge in [-0.3, -0.25) is 9.48 Å². The standard InChI is InChI=1S/C32H32ClN3O4S/c1-4-36-30(15-16-34-36)27-13-8-12-25-26(14-9-17-40-23-18-21(2)31(33)22(3)19-23)29(20-28(25)27)32(37)35-41(38,39)24-10-6-5-7-11-24/h5-8,10-13,15-16,18-19H,4,9,14,17,20H2,1-3H3,(H,35,37). The Bertz CT molecular complexity index is 1720. The molecule has 5 rings (SSSR count). The van der Waals surface area contributed by atoms with Crippen LogP contribution < -0.4 is 9.46 Å². The summed E-state index contributed by atoms with van der Waals surface area (Å²) in [7, 11) is -4.03. The number of ether oxygens (including phenoxy) is 1. The van der Waals surface area contributed by atoms with Crippen LogP contribution in [0.15, 0.2) is 83.4 Å². The van der Waals surface area contributed by atoms with Gasteiger partial charge >= 0.3 is 0 Å². The molecule has 0 spiro atoms. The monoisotopic (exact) mass is 589 g/mol. The molecule has 212 valence electrons. The summed E-state index contributed by atoms with van der Waals surface area (Å²) in [6.07, 6.45) is 3.26. The molecule has 1 aromatic heterocycles. The van der Waals surface area contributed by atoms with Crippen LogP contribution in [0.4, 0.5) is 0 Å². The van der Waals surface area contributed by atoms with Crippen LogP contribution in [0.2, 0.25) is 5.02 Å². The van der Waals surface area contributed by atoms with Gasteiger partial charge in [0.1, 0.15) is 5.75 Å². The van der Waals surface area contributed by atoms with E-state index < -0.39 is 15.9 Å². The van der Waals surface area contributed by atoms with Gasteiger partial charge in [-0.25, -0.2) is 13.1 Å². The highest BCUT2D eigenvalue weighted by atomic mass is 35.5. The molecule has 0 atom stereocenters. The summed E-state index contributed by atoms with van der Waals surface area (Å²) in [6.45, 7) is 7.05. The van der Waals surface area contributed by atoms with Crippen molar-refractivity contribution in [3.8, 4) is 17.0 Å². The molecule has 0 aliphatic heterocycles. The molecule has 9 heteroatoms. The number of carbonyl (C=O) groups excluding carboxylic acids is 1. The van der Waals surface area contributed by atoms with Crippen molar-refractivity contribution in [3.63, 3.8) is 0 Å². The Morgan fingerprint density at radius 2 is 1.73 bits per heavy atom. The van der Waals surface area contributed by atoms with Gasteiger partial charge in [0.2, 0.25) is 0 Å². The van der Waals surface area contributed by atoms with Crippen molar-refractivity contribution in [1.82, 2.24) is 14.5 Å². The topological polar surface area (TPSA) is 90.3 Å². The molecule has 1 aliphatic rings.